The molecule has 0 saturated heterocycles. The summed E-state index contributed by atoms with van der Waals surface area (Å²) in [4.78, 5) is 21.6. The summed E-state index contributed by atoms with van der Waals surface area (Å²) in [5.74, 6) is 0.738. The fourth-order valence-electron chi connectivity index (χ4n) is 4.78. The number of nitrogens with zero attached hydrogens (tertiary/aromatic N) is 4. The van der Waals surface area contributed by atoms with Crippen LogP contribution in [0.3, 0.4) is 0 Å². The SMILES string of the molecule is Cc1c(Oc2ncnc3c2CC(C)NC3)ccc2c1ccn2C(=O)Nc1cc(C2(C(F)(F)F)CC2)on1. The minimum atomic E-state index is -4.43. The lowest BCUT2D eigenvalue weighted by Gasteiger charge is -2.23. The van der Waals surface area contributed by atoms with Crippen molar-refractivity contribution in [1.82, 2.24) is 25.0 Å². The molecule has 12 heteroatoms. The lowest BCUT2D eigenvalue weighted by molar-refractivity contribution is -0.165. The van der Waals surface area contributed by atoms with Crippen molar-refractivity contribution in [2.24, 2.45) is 0 Å². The van der Waals surface area contributed by atoms with Gasteiger partial charge in [0, 0.05) is 41.4 Å². The highest BCUT2D eigenvalue weighted by Gasteiger charge is 2.66. The summed E-state index contributed by atoms with van der Waals surface area (Å²) in [5.41, 5.74) is 1.28. The number of nitrogens with one attached hydrogen (secondary N) is 2. The largest absolute Gasteiger partial charge is 0.438 e. The van der Waals surface area contributed by atoms with Gasteiger partial charge in [-0.15, -0.1) is 0 Å². The molecule has 0 radical (unpaired) electrons. The van der Waals surface area contributed by atoms with E-state index in [1.54, 1.807) is 24.4 Å². The molecule has 0 bridgehead atoms. The molecule has 1 amide bonds. The molecule has 3 aromatic heterocycles. The maximum atomic E-state index is 13.4. The lowest BCUT2D eigenvalue weighted by Crippen LogP contribution is -2.33. The van der Waals surface area contributed by atoms with Gasteiger partial charge in [0.15, 0.2) is 11.6 Å². The van der Waals surface area contributed by atoms with E-state index in [-0.39, 0.29) is 30.5 Å². The predicted octanol–water partition coefficient (Wildman–Crippen LogP) is 5.23. The van der Waals surface area contributed by atoms with Crippen molar-refractivity contribution < 1.29 is 27.2 Å². The molecule has 0 spiro atoms. The van der Waals surface area contributed by atoms with E-state index < -0.39 is 17.6 Å². The van der Waals surface area contributed by atoms with Crippen molar-refractivity contribution in [2.75, 3.05) is 5.32 Å². The number of carbonyl (C=O) groups excluding carboxylic acids is 1. The van der Waals surface area contributed by atoms with Gasteiger partial charge < -0.3 is 14.6 Å². The molecule has 1 saturated carbocycles. The van der Waals surface area contributed by atoms with E-state index in [4.69, 9.17) is 9.26 Å². The van der Waals surface area contributed by atoms with Crippen molar-refractivity contribution >= 4 is 22.8 Å². The van der Waals surface area contributed by atoms with Crippen molar-refractivity contribution in [3.05, 3.63) is 59.4 Å². The zero-order valence-corrected chi connectivity index (χ0v) is 20.0. The summed E-state index contributed by atoms with van der Waals surface area (Å²) in [5, 5.41) is 10.3. The number of rotatable bonds is 4. The summed E-state index contributed by atoms with van der Waals surface area (Å²) in [7, 11) is 0. The van der Waals surface area contributed by atoms with E-state index in [1.807, 2.05) is 6.92 Å². The Morgan fingerprint density at radius 3 is 2.84 bits per heavy atom. The van der Waals surface area contributed by atoms with Gasteiger partial charge in [-0.3, -0.25) is 9.88 Å². The number of aryl methyl sites for hydroxylation is 1. The summed E-state index contributed by atoms with van der Waals surface area (Å²) in [6.07, 6.45) is -0.734. The first-order chi connectivity index (χ1) is 17.7. The molecule has 6 rings (SSSR count). The molecular formula is C25H23F3N6O3. The van der Waals surface area contributed by atoms with Gasteiger partial charge in [-0.2, -0.15) is 13.2 Å². The highest BCUT2D eigenvalue weighted by atomic mass is 19.4. The van der Waals surface area contributed by atoms with Crippen LogP contribution in [0.5, 0.6) is 11.6 Å². The number of hydrogen-bond donors (Lipinski definition) is 2. The molecule has 1 aliphatic carbocycles. The van der Waals surface area contributed by atoms with Gasteiger partial charge in [0.25, 0.3) is 0 Å². The molecule has 9 nitrogen and oxygen atoms in total. The molecule has 2 aliphatic rings. The number of benzene rings is 1. The zero-order valence-electron chi connectivity index (χ0n) is 20.0. The van der Waals surface area contributed by atoms with Crippen molar-refractivity contribution in [3.8, 4) is 11.6 Å². The number of fused-ring (bicyclic) bond motifs is 2. The normalized spacial score (nSPS) is 18.5. The first kappa shape index (κ1) is 23.5. The Hall–Kier alpha value is -3.93. The quantitative estimate of drug-likeness (QED) is 0.386. The standard InChI is InChI=1S/C25H23F3N6O3/c1-13-9-16-17(11-29-13)30-12-31-22(16)36-19-4-3-18-15(14(19)2)5-8-34(18)23(35)32-21-10-20(37-33-21)24(6-7-24)25(26,27)28/h3-5,8,10,12-13,29H,6-7,9,11H2,1-2H3,(H,32,33,35). The highest BCUT2D eigenvalue weighted by Crippen LogP contribution is 2.59. The van der Waals surface area contributed by atoms with E-state index in [0.717, 1.165) is 34.7 Å². The van der Waals surface area contributed by atoms with Gasteiger partial charge in [-0.05, 0) is 51.3 Å². The number of ether oxygens (including phenoxy) is 1. The third-order valence-corrected chi connectivity index (χ3v) is 7.15. The van der Waals surface area contributed by atoms with E-state index in [0.29, 0.717) is 23.7 Å². The second-order valence-electron chi connectivity index (χ2n) is 9.59. The van der Waals surface area contributed by atoms with Crippen LogP contribution in [0.4, 0.5) is 23.8 Å². The van der Waals surface area contributed by atoms with Gasteiger partial charge >= 0.3 is 12.2 Å². The topological polar surface area (TPSA) is 107 Å². The Balaban J connectivity index is 1.24. The lowest BCUT2D eigenvalue weighted by atomic mass is 10.0. The summed E-state index contributed by atoms with van der Waals surface area (Å²) in [6.45, 7) is 4.62. The first-order valence-corrected chi connectivity index (χ1v) is 11.9. The Morgan fingerprint density at radius 1 is 1.27 bits per heavy atom. The Morgan fingerprint density at radius 2 is 2.08 bits per heavy atom. The molecule has 37 heavy (non-hydrogen) atoms. The van der Waals surface area contributed by atoms with Crippen LogP contribution in [0.25, 0.3) is 10.9 Å². The zero-order chi connectivity index (χ0) is 25.9. The average Bonchev–Trinajstić information content (AvgIpc) is 3.36. The van der Waals surface area contributed by atoms with Crippen LogP contribution < -0.4 is 15.4 Å². The van der Waals surface area contributed by atoms with Crippen LogP contribution in [-0.4, -0.2) is 37.9 Å². The molecule has 192 valence electrons. The molecule has 1 aliphatic heterocycles. The second-order valence-corrected chi connectivity index (χ2v) is 9.59. The van der Waals surface area contributed by atoms with Crippen LogP contribution >= 0.6 is 0 Å². The number of anilines is 1. The van der Waals surface area contributed by atoms with Gasteiger partial charge in [0.2, 0.25) is 5.88 Å². The molecule has 1 unspecified atom stereocenters. The summed E-state index contributed by atoms with van der Waals surface area (Å²) >= 11 is 0. The number of aromatic nitrogens is 4. The summed E-state index contributed by atoms with van der Waals surface area (Å²) in [6, 6.07) is 6.11. The van der Waals surface area contributed by atoms with Gasteiger partial charge in [-0.1, -0.05) is 5.16 Å². The minimum Gasteiger partial charge on any atom is -0.438 e. The van der Waals surface area contributed by atoms with Crippen LogP contribution in [0.1, 0.15) is 42.3 Å². The molecule has 1 atom stereocenters. The third kappa shape index (κ3) is 3.91. The fourth-order valence-corrected chi connectivity index (χ4v) is 4.78. The molecule has 1 aromatic carbocycles. The van der Waals surface area contributed by atoms with Crippen LogP contribution in [0.15, 0.2) is 41.3 Å². The maximum absolute atomic E-state index is 13.4. The number of halogens is 3. The van der Waals surface area contributed by atoms with Gasteiger partial charge in [-0.25, -0.2) is 14.8 Å². The van der Waals surface area contributed by atoms with Gasteiger partial charge in [0.05, 0.1) is 11.2 Å². The van der Waals surface area contributed by atoms with Crippen molar-refractivity contribution in [1.29, 1.82) is 0 Å². The molecule has 4 heterocycles. The van der Waals surface area contributed by atoms with E-state index >= 15 is 0 Å². The third-order valence-electron chi connectivity index (χ3n) is 7.15. The van der Waals surface area contributed by atoms with Crippen LogP contribution in [0, 0.1) is 6.92 Å². The smallest absolute Gasteiger partial charge is 0.401 e. The maximum Gasteiger partial charge on any atom is 0.401 e. The number of hydrogen-bond acceptors (Lipinski definition) is 7. The Kier molecular flexibility index (Phi) is 5.26. The Bertz CT molecular complexity index is 1520. The Labute approximate surface area is 209 Å². The van der Waals surface area contributed by atoms with Crippen molar-refractivity contribution in [2.45, 2.75) is 57.3 Å². The minimum absolute atomic E-state index is 0.0568. The number of alkyl halides is 3. The van der Waals surface area contributed by atoms with Crippen LogP contribution in [0.2, 0.25) is 0 Å². The molecule has 4 aromatic rings. The van der Waals surface area contributed by atoms with Crippen molar-refractivity contribution in [3.63, 3.8) is 0 Å². The van der Waals surface area contributed by atoms with E-state index in [2.05, 4.69) is 32.7 Å². The number of carbonyl (C=O) groups is 1. The predicted molar refractivity (Wildman–Crippen MR) is 127 cm³/mol. The van der Waals surface area contributed by atoms with Crippen LogP contribution in [-0.2, 0) is 18.4 Å². The van der Waals surface area contributed by atoms with E-state index in [1.165, 1.54) is 10.9 Å². The average molecular weight is 512 g/mol. The highest BCUT2D eigenvalue weighted by molar-refractivity contribution is 5.99. The molecule has 2 N–H and O–H groups in total. The first-order valence-electron chi connectivity index (χ1n) is 11.9. The monoisotopic (exact) mass is 512 g/mol. The molecule has 1 fully saturated rings. The number of amides is 1. The molecular weight excluding hydrogens is 489 g/mol. The van der Waals surface area contributed by atoms with Gasteiger partial charge in [0.1, 0.15) is 17.5 Å². The van der Waals surface area contributed by atoms with E-state index in [9.17, 15) is 18.0 Å². The fraction of sp³-hybridized carbons (Fsp3) is 0.360. The second kappa shape index (κ2) is 8.30. The summed E-state index contributed by atoms with van der Waals surface area (Å²) < 4.78 is 52.6.